The Morgan fingerprint density at radius 1 is 0.955 bits per heavy atom. The van der Waals surface area contributed by atoms with Crippen molar-refractivity contribution in [2.24, 2.45) is 0 Å². The molecule has 118 valence electrons. The maximum atomic E-state index is 12.1. The largest absolute Gasteiger partial charge is 0.379 e. The van der Waals surface area contributed by atoms with E-state index in [4.69, 9.17) is 15.8 Å². The number of halogens is 1. The molecular formula is C14H13ClO5S2. The van der Waals surface area contributed by atoms with Crippen LogP contribution in [0.25, 0.3) is 0 Å². The fourth-order valence-corrected chi connectivity index (χ4v) is 3.66. The van der Waals surface area contributed by atoms with Gasteiger partial charge in [-0.2, -0.15) is 8.42 Å². The first kappa shape index (κ1) is 16.8. The molecule has 0 radical (unpaired) electrons. The van der Waals surface area contributed by atoms with Crippen LogP contribution in [0.1, 0.15) is 6.92 Å². The van der Waals surface area contributed by atoms with E-state index in [1.165, 1.54) is 43.3 Å². The number of rotatable bonds is 5. The van der Waals surface area contributed by atoms with Crippen molar-refractivity contribution in [1.29, 1.82) is 0 Å². The Morgan fingerprint density at radius 3 is 2.09 bits per heavy atom. The molecule has 0 heterocycles. The van der Waals surface area contributed by atoms with E-state index < -0.39 is 20.0 Å². The summed E-state index contributed by atoms with van der Waals surface area (Å²) in [7, 11) is -7.43. The van der Waals surface area contributed by atoms with Crippen molar-refractivity contribution in [2.75, 3.05) is 5.75 Å². The molecule has 0 aromatic heterocycles. The van der Waals surface area contributed by atoms with E-state index in [2.05, 4.69) is 0 Å². The van der Waals surface area contributed by atoms with Gasteiger partial charge in [-0.25, -0.2) is 8.42 Å². The molecule has 0 saturated heterocycles. The van der Waals surface area contributed by atoms with Crippen LogP contribution >= 0.6 is 11.6 Å². The molecule has 0 atom stereocenters. The zero-order chi connectivity index (χ0) is 16.4. The van der Waals surface area contributed by atoms with Crippen molar-refractivity contribution in [2.45, 2.75) is 16.7 Å². The Hall–Kier alpha value is -1.57. The summed E-state index contributed by atoms with van der Waals surface area (Å²) < 4.78 is 52.6. The van der Waals surface area contributed by atoms with Crippen LogP contribution in [-0.2, 0) is 20.0 Å². The van der Waals surface area contributed by atoms with Crippen molar-refractivity contribution in [3.8, 4) is 5.75 Å². The molecule has 22 heavy (non-hydrogen) atoms. The molecule has 0 saturated carbocycles. The van der Waals surface area contributed by atoms with Crippen molar-refractivity contribution >= 4 is 31.6 Å². The van der Waals surface area contributed by atoms with Gasteiger partial charge >= 0.3 is 10.1 Å². The molecule has 2 aromatic carbocycles. The lowest BCUT2D eigenvalue weighted by atomic mass is 10.3. The topological polar surface area (TPSA) is 77.5 Å². The second-order valence-corrected chi connectivity index (χ2v) is 8.63. The van der Waals surface area contributed by atoms with E-state index in [0.29, 0.717) is 5.02 Å². The Morgan fingerprint density at radius 2 is 1.55 bits per heavy atom. The summed E-state index contributed by atoms with van der Waals surface area (Å²) in [5, 5.41) is 0.345. The molecule has 0 aliphatic heterocycles. The van der Waals surface area contributed by atoms with Gasteiger partial charge < -0.3 is 4.18 Å². The first-order chi connectivity index (χ1) is 10.2. The minimum absolute atomic E-state index is 0.0574. The molecule has 0 N–H and O–H groups in total. The molecule has 0 aliphatic carbocycles. The maximum Gasteiger partial charge on any atom is 0.339 e. The minimum atomic E-state index is -4.05. The molecule has 0 unspecified atom stereocenters. The summed E-state index contributed by atoms with van der Waals surface area (Å²) in [6.45, 7) is 1.52. The monoisotopic (exact) mass is 360 g/mol. The second-order valence-electron chi connectivity index (χ2n) is 4.37. The normalized spacial score (nSPS) is 12.1. The van der Waals surface area contributed by atoms with Gasteiger partial charge in [-0.05, 0) is 36.4 Å². The summed E-state index contributed by atoms with van der Waals surface area (Å²) in [5.74, 6) is 0.0238. The van der Waals surface area contributed by atoms with E-state index in [1.807, 2.05) is 0 Å². The van der Waals surface area contributed by atoms with Crippen LogP contribution in [0.4, 0.5) is 0 Å². The fourth-order valence-electron chi connectivity index (χ4n) is 1.67. The predicted octanol–water partition coefficient (Wildman–Crippen LogP) is 2.90. The maximum absolute atomic E-state index is 12.1. The lowest BCUT2D eigenvalue weighted by molar-refractivity contribution is 0.486. The van der Waals surface area contributed by atoms with Gasteiger partial charge in [0.05, 0.1) is 10.6 Å². The van der Waals surface area contributed by atoms with Crippen LogP contribution in [0.3, 0.4) is 0 Å². The lowest BCUT2D eigenvalue weighted by Crippen LogP contribution is -2.10. The molecule has 2 rings (SSSR count). The molecule has 2 aromatic rings. The number of hydrogen-bond donors (Lipinski definition) is 0. The standard InChI is InChI=1S/C14H13ClO5S2/c1-2-21(16,17)13-6-8-14(9-7-13)22(18,19)20-12-5-3-4-11(15)10-12/h3-10H,2H2,1H3. The smallest absolute Gasteiger partial charge is 0.339 e. The highest BCUT2D eigenvalue weighted by Gasteiger charge is 2.19. The number of hydrogen-bond acceptors (Lipinski definition) is 5. The average molecular weight is 361 g/mol. The van der Waals surface area contributed by atoms with E-state index in [-0.39, 0.29) is 21.3 Å². The Kier molecular flexibility index (Phi) is 4.79. The van der Waals surface area contributed by atoms with E-state index in [1.54, 1.807) is 12.1 Å². The molecule has 0 bridgehead atoms. The molecule has 5 nitrogen and oxygen atoms in total. The summed E-state index contributed by atoms with van der Waals surface area (Å²) in [6.07, 6.45) is 0. The summed E-state index contributed by atoms with van der Waals surface area (Å²) in [6, 6.07) is 10.9. The summed E-state index contributed by atoms with van der Waals surface area (Å²) >= 11 is 5.77. The molecule has 0 amide bonds. The van der Waals surface area contributed by atoms with Crippen LogP contribution in [0, 0.1) is 0 Å². The van der Waals surface area contributed by atoms with Gasteiger partial charge in [0.2, 0.25) is 0 Å². The highest BCUT2D eigenvalue weighted by atomic mass is 35.5. The third-order valence-corrected chi connectivity index (χ3v) is 6.10. The van der Waals surface area contributed by atoms with Crippen molar-refractivity contribution in [3.63, 3.8) is 0 Å². The first-order valence-corrected chi connectivity index (χ1v) is 9.71. The second kappa shape index (κ2) is 6.28. The van der Waals surface area contributed by atoms with E-state index >= 15 is 0 Å². The van der Waals surface area contributed by atoms with E-state index in [9.17, 15) is 16.8 Å². The Labute approximate surface area is 134 Å². The van der Waals surface area contributed by atoms with Crippen LogP contribution in [0.5, 0.6) is 5.75 Å². The minimum Gasteiger partial charge on any atom is -0.379 e. The van der Waals surface area contributed by atoms with Crippen LogP contribution in [0.2, 0.25) is 5.02 Å². The SMILES string of the molecule is CCS(=O)(=O)c1ccc(S(=O)(=O)Oc2cccc(Cl)c2)cc1. The zero-order valence-corrected chi connectivity index (χ0v) is 14.0. The molecule has 0 fully saturated rings. The van der Waals surface area contributed by atoms with Gasteiger partial charge in [0, 0.05) is 11.1 Å². The van der Waals surface area contributed by atoms with Gasteiger partial charge in [-0.1, -0.05) is 24.6 Å². The molecule has 8 heteroatoms. The highest BCUT2D eigenvalue weighted by Crippen LogP contribution is 2.23. The average Bonchev–Trinajstić information content (AvgIpc) is 2.47. The zero-order valence-electron chi connectivity index (χ0n) is 11.6. The van der Waals surface area contributed by atoms with Crippen LogP contribution in [0.15, 0.2) is 58.3 Å². The van der Waals surface area contributed by atoms with Gasteiger partial charge in [0.1, 0.15) is 10.6 Å². The summed E-state index contributed by atoms with van der Waals surface area (Å²) in [4.78, 5) is -0.0702. The van der Waals surface area contributed by atoms with Gasteiger partial charge in [0.25, 0.3) is 0 Å². The highest BCUT2D eigenvalue weighted by molar-refractivity contribution is 7.91. The third kappa shape index (κ3) is 3.79. The lowest BCUT2D eigenvalue weighted by Gasteiger charge is -2.08. The number of sulfone groups is 1. The predicted molar refractivity (Wildman–Crippen MR) is 83.4 cm³/mol. The number of benzene rings is 2. The van der Waals surface area contributed by atoms with Gasteiger partial charge in [-0.3, -0.25) is 0 Å². The first-order valence-electron chi connectivity index (χ1n) is 6.27. The van der Waals surface area contributed by atoms with Gasteiger partial charge in [-0.15, -0.1) is 0 Å². The Balaban J connectivity index is 2.31. The van der Waals surface area contributed by atoms with Crippen molar-refractivity contribution in [1.82, 2.24) is 0 Å². The van der Waals surface area contributed by atoms with Crippen LogP contribution in [-0.4, -0.2) is 22.6 Å². The molecule has 0 aliphatic rings. The molecule has 0 spiro atoms. The van der Waals surface area contributed by atoms with E-state index in [0.717, 1.165) is 0 Å². The van der Waals surface area contributed by atoms with Crippen molar-refractivity contribution in [3.05, 3.63) is 53.6 Å². The van der Waals surface area contributed by atoms with Crippen molar-refractivity contribution < 1.29 is 21.0 Å². The summed E-state index contributed by atoms with van der Waals surface area (Å²) in [5.41, 5.74) is 0. The third-order valence-electron chi connectivity index (χ3n) is 2.85. The fraction of sp³-hybridized carbons (Fsp3) is 0.143. The van der Waals surface area contributed by atoms with Gasteiger partial charge in [0.15, 0.2) is 9.84 Å². The molecular weight excluding hydrogens is 348 g/mol. The van der Waals surface area contributed by atoms with Crippen LogP contribution < -0.4 is 4.18 Å². The quantitative estimate of drug-likeness (QED) is 0.766. The Bertz CT molecular complexity index is 872.